The van der Waals surface area contributed by atoms with Gasteiger partial charge < -0.3 is 9.42 Å². The molecule has 0 radical (unpaired) electrons. The van der Waals surface area contributed by atoms with Crippen LogP contribution in [0.25, 0.3) is 0 Å². The van der Waals surface area contributed by atoms with Gasteiger partial charge in [0.05, 0.1) is 5.92 Å². The first-order valence-corrected chi connectivity index (χ1v) is 7.80. The molecule has 20 heavy (non-hydrogen) atoms. The minimum atomic E-state index is 0.245. The number of likely N-dealkylation sites (tertiary alicyclic amines) is 1. The van der Waals surface area contributed by atoms with E-state index >= 15 is 0 Å². The lowest BCUT2D eigenvalue weighted by Gasteiger charge is -2.37. The maximum atomic E-state index is 12.1. The zero-order valence-electron chi connectivity index (χ0n) is 12.2. The molecule has 0 aromatic carbocycles. The summed E-state index contributed by atoms with van der Waals surface area (Å²) in [5.41, 5.74) is 0. The number of hydrogen-bond donors (Lipinski definition) is 0. The van der Waals surface area contributed by atoms with Crippen molar-refractivity contribution in [3.8, 4) is 0 Å². The van der Waals surface area contributed by atoms with Crippen LogP contribution in [0.15, 0.2) is 4.52 Å². The molecule has 2 aliphatic rings. The number of aromatic nitrogens is 2. The third kappa shape index (κ3) is 3.02. The zero-order valence-corrected chi connectivity index (χ0v) is 12.2. The maximum Gasteiger partial charge on any atom is 0.233 e. The van der Waals surface area contributed by atoms with E-state index in [0.717, 1.165) is 25.4 Å². The third-order valence-electron chi connectivity index (χ3n) is 4.62. The Balaban J connectivity index is 1.39. The molecule has 1 saturated heterocycles. The van der Waals surface area contributed by atoms with Gasteiger partial charge >= 0.3 is 0 Å². The lowest BCUT2D eigenvalue weighted by molar-refractivity contribution is -0.136. The van der Waals surface area contributed by atoms with Gasteiger partial charge in [-0.05, 0) is 19.3 Å². The fourth-order valence-corrected chi connectivity index (χ4v) is 3.28. The fourth-order valence-electron chi connectivity index (χ4n) is 3.28. The molecule has 1 aromatic rings. The van der Waals surface area contributed by atoms with Crippen molar-refractivity contribution in [2.75, 3.05) is 13.1 Å². The van der Waals surface area contributed by atoms with Crippen LogP contribution in [-0.2, 0) is 4.79 Å². The molecule has 1 aliphatic carbocycles. The van der Waals surface area contributed by atoms with Crippen LogP contribution >= 0.6 is 0 Å². The molecule has 2 heterocycles. The van der Waals surface area contributed by atoms with Crippen molar-refractivity contribution in [3.63, 3.8) is 0 Å². The molecule has 0 bridgehead atoms. The van der Waals surface area contributed by atoms with Crippen LogP contribution in [0.5, 0.6) is 0 Å². The molecule has 0 unspecified atom stereocenters. The highest BCUT2D eigenvalue weighted by atomic mass is 16.5. The second kappa shape index (κ2) is 5.94. The summed E-state index contributed by atoms with van der Waals surface area (Å²) in [5, 5.41) is 3.80. The summed E-state index contributed by atoms with van der Waals surface area (Å²) in [6, 6.07) is 0. The van der Waals surface area contributed by atoms with Gasteiger partial charge in [-0.1, -0.05) is 37.3 Å². The fraction of sp³-hybridized carbons (Fsp3) is 0.800. The Morgan fingerprint density at radius 2 is 2.05 bits per heavy atom. The zero-order chi connectivity index (χ0) is 13.9. The van der Waals surface area contributed by atoms with E-state index in [4.69, 9.17) is 4.52 Å². The normalized spacial score (nSPS) is 20.9. The SMILES string of the molecule is Cc1noc(C2CN(C(=O)CCC3CCCCC3)C2)n1. The van der Waals surface area contributed by atoms with E-state index in [0.29, 0.717) is 24.0 Å². The van der Waals surface area contributed by atoms with Crippen LogP contribution in [0.3, 0.4) is 0 Å². The van der Waals surface area contributed by atoms with Crippen LogP contribution in [0.4, 0.5) is 0 Å². The minimum Gasteiger partial charge on any atom is -0.341 e. The van der Waals surface area contributed by atoms with Crippen molar-refractivity contribution in [1.82, 2.24) is 15.0 Å². The summed E-state index contributed by atoms with van der Waals surface area (Å²) >= 11 is 0. The number of rotatable bonds is 4. The van der Waals surface area contributed by atoms with Gasteiger partial charge in [0, 0.05) is 19.5 Å². The standard InChI is InChI=1S/C15H23N3O2/c1-11-16-15(20-17-11)13-9-18(10-13)14(19)8-7-12-5-3-2-4-6-12/h12-13H,2-10H2,1H3. The van der Waals surface area contributed by atoms with Crippen LogP contribution in [0, 0.1) is 12.8 Å². The summed E-state index contributed by atoms with van der Waals surface area (Å²) in [6.45, 7) is 3.30. The van der Waals surface area contributed by atoms with E-state index in [-0.39, 0.29) is 5.92 Å². The molecule has 5 heteroatoms. The number of carbonyl (C=O) groups excluding carboxylic acids is 1. The maximum absolute atomic E-state index is 12.1. The summed E-state index contributed by atoms with van der Waals surface area (Å²) in [5.74, 6) is 2.67. The minimum absolute atomic E-state index is 0.245. The highest BCUT2D eigenvalue weighted by molar-refractivity contribution is 5.77. The van der Waals surface area contributed by atoms with Crippen LogP contribution in [-0.4, -0.2) is 34.0 Å². The van der Waals surface area contributed by atoms with Crippen molar-refractivity contribution in [2.24, 2.45) is 5.92 Å². The molecule has 0 atom stereocenters. The second-order valence-electron chi connectivity index (χ2n) is 6.22. The molecule has 0 spiro atoms. The molecular weight excluding hydrogens is 254 g/mol. The largest absolute Gasteiger partial charge is 0.341 e. The van der Waals surface area contributed by atoms with Crippen molar-refractivity contribution in [3.05, 3.63) is 11.7 Å². The quantitative estimate of drug-likeness (QED) is 0.849. The van der Waals surface area contributed by atoms with Crippen molar-refractivity contribution in [2.45, 2.75) is 57.8 Å². The molecule has 1 aliphatic heterocycles. The van der Waals surface area contributed by atoms with E-state index in [1.54, 1.807) is 0 Å². The molecule has 110 valence electrons. The molecule has 1 aromatic heterocycles. The van der Waals surface area contributed by atoms with Gasteiger partial charge in [0.2, 0.25) is 11.8 Å². The van der Waals surface area contributed by atoms with Crippen LogP contribution in [0.1, 0.15) is 62.6 Å². The summed E-state index contributed by atoms with van der Waals surface area (Å²) in [4.78, 5) is 18.3. The number of carbonyl (C=O) groups is 1. The van der Waals surface area contributed by atoms with E-state index in [2.05, 4.69) is 10.1 Å². The van der Waals surface area contributed by atoms with E-state index in [1.807, 2.05) is 11.8 Å². The Morgan fingerprint density at radius 1 is 1.30 bits per heavy atom. The second-order valence-corrected chi connectivity index (χ2v) is 6.22. The Kier molecular flexibility index (Phi) is 4.03. The summed E-state index contributed by atoms with van der Waals surface area (Å²) < 4.78 is 5.15. The average Bonchev–Trinajstić information content (AvgIpc) is 2.82. The Hall–Kier alpha value is -1.39. The van der Waals surface area contributed by atoms with Gasteiger partial charge in [0.1, 0.15) is 0 Å². The molecule has 2 fully saturated rings. The highest BCUT2D eigenvalue weighted by Crippen LogP contribution is 2.30. The average molecular weight is 277 g/mol. The summed E-state index contributed by atoms with van der Waals surface area (Å²) in [6.07, 6.45) is 8.48. The monoisotopic (exact) mass is 277 g/mol. The first-order valence-electron chi connectivity index (χ1n) is 7.80. The molecule has 0 N–H and O–H groups in total. The van der Waals surface area contributed by atoms with Gasteiger partial charge in [0.25, 0.3) is 0 Å². The number of amides is 1. The smallest absolute Gasteiger partial charge is 0.233 e. The van der Waals surface area contributed by atoms with E-state index in [1.165, 1.54) is 32.1 Å². The van der Waals surface area contributed by atoms with Crippen molar-refractivity contribution < 1.29 is 9.32 Å². The highest BCUT2D eigenvalue weighted by Gasteiger charge is 2.35. The van der Waals surface area contributed by atoms with E-state index < -0.39 is 0 Å². The third-order valence-corrected chi connectivity index (χ3v) is 4.62. The lowest BCUT2D eigenvalue weighted by atomic mass is 9.86. The lowest BCUT2D eigenvalue weighted by Crippen LogP contribution is -2.48. The van der Waals surface area contributed by atoms with Crippen LogP contribution < -0.4 is 0 Å². The molecule has 1 amide bonds. The van der Waals surface area contributed by atoms with Gasteiger partial charge in [-0.25, -0.2) is 0 Å². The van der Waals surface area contributed by atoms with Crippen LogP contribution in [0.2, 0.25) is 0 Å². The van der Waals surface area contributed by atoms with Crippen molar-refractivity contribution >= 4 is 5.91 Å². The van der Waals surface area contributed by atoms with Gasteiger partial charge in [-0.2, -0.15) is 4.98 Å². The Labute approximate surface area is 119 Å². The molecule has 1 saturated carbocycles. The van der Waals surface area contributed by atoms with Crippen molar-refractivity contribution in [1.29, 1.82) is 0 Å². The predicted molar refractivity (Wildman–Crippen MR) is 74.2 cm³/mol. The Bertz CT molecular complexity index is 459. The van der Waals surface area contributed by atoms with E-state index in [9.17, 15) is 4.79 Å². The van der Waals surface area contributed by atoms with Gasteiger partial charge in [-0.15, -0.1) is 0 Å². The first kappa shape index (κ1) is 13.6. The topological polar surface area (TPSA) is 59.2 Å². The molecule has 5 nitrogen and oxygen atoms in total. The molecule has 3 rings (SSSR count). The number of aryl methyl sites for hydroxylation is 1. The predicted octanol–water partition coefficient (Wildman–Crippen LogP) is 2.66. The number of nitrogens with zero attached hydrogens (tertiary/aromatic N) is 3. The number of hydrogen-bond acceptors (Lipinski definition) is 4. The van der Waals surface area contributed by atoms with Gasteiger partial charge in [0.15, 0.2) is 5.82 Å². The first-order chi connectivity index (χ1) is 9.72. The molecular formula is C15H23N3O2. The van der Waals surface area contributed by atoms with Gasteiger partial charge in [-0.3, -0.25) is 4.79 Å². The Morgan fingerprint density at radius 3 is 2.70 bits per heavy atom. The summed E-state index contributed by atoms with van der Waals surface area (Å²) in [7, 11) is 0.